The minimum absolute atomic E-state index is 0.227. The summed E-state index contributed by atoms with van der Waals surface area (Å²) in [6, 6.07) is 23.0. The van der Waals surface area contributed by atoms with Gasteiger partial charge in [-0.1, -0.05) is 91.2 Å². The zero-order valence-electron chi connectivity index (χ0n) is 24.1. The van der Waals surface area contributed by atoms with Crippen LogP contribution in [-0.2, 0) is 10.0 Å². The second-order valence-corrected chi connectivity index (χ2v) is 13.2. The molecule has 0 aromatic heterocycles. The van der Waals surface area contributed by atoms with Gasteiger partial charge in [-0.15, -0.1) is 0 Å². The molecule has 4 rings (SSSR count). The average Bonchev–Trinajstić information content (AvgIpc) is 2.91. The number of rotatable bonds is 9. The summed E-state index contributed by atoms with van der Waals surface area (Å²) < 4.78 is 31.1. The third-order valence-electron chi connectivity index (χ3n) is 7.80. The minimum atomic E-state index is -3.88. The van der Waals surface area contributed by atoms with Crippen LogP contribution in [-0.4, -0.2) is 44.6 Å². The second-order valence-electron chi connectivity index (χ2n) is 11.2. The smallest absolute Gasteiger partial charge is 0.241 e. The lowest BCUT2D eigenvalue weighted by Crippen LogP contribution is -2.54. The molecule has 0 amide bonds. The summed E-state index contributed by atoms with van der Waals surface area (Å²) in [6.07, 6.45) is 4.54. The van der Waals surface area contributed by atoms with Crippen molar-refractivity contribution in [2.24, 2.45) is 0 Å². The molecule has 1 saturated carbocycles. The van der Waals surface area contributed by atoms with E-state index >= 15 is 0 Å². The average molecular weight is 579 g/mol. The quantitative estimate of drug-likeness (QED) is 0.283. The molecule has 214 valence electrons. The van der Waals surface area contributed by atoms with Crippen LogP contribution in [0.5, 0.6) is 0 Å². The van der Waals surface area contributed by atoms with Gasteiger partial charge in [-0.3, -0.25) is 0 Å². The van der Waals surface area contributed by atoms with Crippen molar-refractivity contribution in [1.29, 1.82) is 0 Å². The lowest BCUT2D eigenvalue weighted by atomic mass is 9.89. The van der Waals surface area contributed by atoms with Crippen LogP contribution in [0.1, 0.15) is 65.6 Å². The van der Waals surface area contributed by atoms with Crippen molar-refractivity contribution in [3.05, 3.63) is 101 Å². The van der Waals surface area contributed by atoms with Crippen molar-refractivity contribution in [1.82, 2.24) is 20.3 Å². The van der Waals surface area contributed by atoms with E-state index in [0.717, 1.165) is 47.1 Å². The van der Waals surface area contributed by atoms with Gasteiger partial charge in [-0.25, -0.2) is 13.1 Å². The highest BCUT2D eigenvalue weighted by Crippen LogP contribution is 2.32. The molecule has 1 aliphatic carbocycles. The van der Waals surface area contributed by atoms with E-state index in [-0.39, 0.29) is 6.04 Å². The highest BCUT2D eigenvalue weighted by Gasteiger charge is 2.33. The zero-order valence-corrected chi connectivity index (χ0v) is 25.8. The number of thiocarbonyl (C=S) groups is 1. The molecule has 3 N–H and O–H groups in total. The number of hydrogen-bond acceptors (Lipinski definition) is 4. The van der Waals surface area contributed by atoms with E-state index < -0.39 is 22.1 Å². The van der Waals surface area contributed by atoms with Crippen LogP contribution in [0.2, 0.25) is 0 Å². The first-order valence-electron chi connectivity index (χ1n) is 14.0. The van der Waals surface area contributed by atoms with Crippen molar-refractivity contribution in [3.8, 4) is 0 Å². The van der Waals surface area contributed by atoms with E-state index in [2.05, 4.69) is 34.4 Å². The maximum absolute atomic E-state index is 14.0. The second kappa shape index (κ2) is 13.3. The van der Waals surface area contributed by atoms with Crippen LogP contribution in [0.25, 0.3) is 0 Å². The Morgan fingerprint density at radius 2 is 1.38 bits per heavy atom. The molecule has 0 bridgehead atoms. The summed E-state index contributed by atoms with van der Waals surface area (Å²) in [6.45, 7) is 5.68. The molecule has 0 radical (unpaired) electrons. The number of nitrogens with zero attached hydrogens (tertiary/aromatic N) is 1. The maximum atomic E-state index is 14.0. The van der Waals surface area contributed by atoms with Gasteiger partial charge in [-0.05, 0) is 82.2 Å². The molecule has 0 spiro atoms. The Kier molecular flexibility index (Phi) is 10.0. The molecule has 4 atom stereocenters. The largest absolute Gasteiger partial charge is 0.358 e. The van der Waals surface area contributed by atoms with Crippen LogP contribution in [0.4, 0.5) is 0 Å². The van der Waals surface area contributed by atoms with Gasteiger partial charge in [0, 0.05) is 12.1 Å². The third kappa shape index (κ3) is 7.29. The van der Waals surface area contributed by atoms with E-state index in [4.69, 9.17) is 12.2 Å². The normalized spacial score (nSPS) is 19.1. The topological polar surface area (TPSA) is 73.5 Å². The van der Waals surface area contributed by atoms with E-state index in [9.17, 15) is 8.42 Å². The number of hydrogen-bond donors (Lipinski definition) is 3. The highest BCUT2D eigenvalue weighted by molar-refractivity contribution is 7.89. The maximum Gasteiger partial charge on any atom is 0.241 e. The molecule has 1 fully saturated rings. The Morgan fingerprint density at radius 1 is 0.850 bits per heavy atom. The summed E-state index contributed by atoms with van der Waals surface area (Å²) in [5.41, 5.74) is 4.28. The fourth-order valence-corrected chi connectivity index (χ4v) is 8.04. The van der Waals surface area contributed by atoms with Gasteiger partial charge in [0.05, 0.1) is 17.0 Å². The van der Waals surface area contributed by atoms with Gasteiger partial charge in [0.15, 0.2) is 5.11 Å². The van der Waals surface area contributed by atoms with Crippen LogP contribution >= 0.6 is 12.2 Å². The molecule has 0 saturated heterocycles. The minimum Gasteiger partial charge on any atom is -0.358 e. The first-order valence-corrected chi connectivity index (χ1v) is 15.9. The molecular formula is C32H42N4O2S2. The molecule has 0 unspecified atom stereocenters. The Morgan fingerprint density at radius 3 is 1.93 bits per heavy atom. The first-order chi connectivity index (χ1) is 19.1. The molecule has 8 heteroatoms. The zero-order chi connectivity index (χ0) is 28.9. The molecule has 1 aliphatic rings. The summed E-state index contributed by atoms with van der Waals surface area (Å²) in [5, 5.41) is 7.63. The number of nitrogens with one attached hydrogen (secondary N) is 3. The van der Waals surface area contributed by atoms with Crippen molar-refractivity contribution in [3.63, 3.8) is 0 Å². The highest BCUT2D eigenvalue weighted by atomic mass is 32.2. The fourth-order valence-electron chi connectivity index (χ4n) is 6.07. The molecule has 40 heavy (non-hydrogen) atoms. The fraction of sp³-hybridized carbons (Fsp3) is 0.406. The molecule has 0 heterocycles. The number of aryl methyl sites for hydroxylation is 3. The molecular weight excluding hydrogens is 537 g/mol. The van der Waals surface area contributed by atoms with Crippen molar-refractivity contribution in [2.45, 2.75) is 75.5 Å². The van der Waals surface area contributed by atoms with E-state index in [1.54, 1.807) is 0 Å². The summed E-state index contributed by atoms with van der Waals surface area (Å²) in [4.78, 5) is 2.59. The van der Waals surface area contributed by atoms with Crippen LogP contribution in [0, 0.1) is 20.8 Å². The van der Waals surface area contributed by atoms with Crippen LogP contribution in [0.3, 0.4) is 0 Å². The lowest BCUT2D eigenvalue weighted by molar-refractivity contribution is 0.189. The van der Waals surface area contributed by atoms with E-state index in [0.29, 0.717) is 16.0 Å². The van der Waals surface area contributed by atoms with Gasteiger partial charge in [-0.2, -0.15) is 0 Å². The lowest BCUT2D eigenvalue weighted by Gasteiger charge is -2.38. The van der Waals surface area contributed by atoms with Gasteiger partial charge >= 0.3 is 0 Å². The third-order valence-corrected chi connectivity index (χ3v) is 9.78. The van der Waals surface area contributed by atoms with Crippen molar-refractivity contribution in [2.75, 3.05) is 14.1 Å². The predicted molar refractivity (Wildman–Crippen MR) is 168 cm³/mol. The van der Waals surface area contributed by atoms with Gasteiger partial charge in [0.2, 0.25) is 10.0 Å². The number of likely N-dealkylation sites (N-methyl/N-ethyl adjacent to an activating group) is 1. The molecule has 6 nitrogen and oxygen atoms in total. The Hall–Kier alpha value is -2.78. The summed E-state index contributed by atoms with van der Waals surface area (Å²) in [5.74, 6) is 0. The summed E-state index contributed by atoms with van der Waals surface area (Å²) >= 11 is 5.89. The predicted octanol–water partition coefficient (Wildman–Crippen LogP) is 5.71. The van der Waals surface area contributed by atoms with Crippen LogP contribution in [0.15, 0.2) is 77.7 Å². The van der Waals surface area contributed by atoms with Crippen molar-refractivity contribution < 1.29 is 8.42 Å². The number of sulfonamides is 1. The standard InChI is InChI=1S/C32H42N4O2S2/c1-22-20-23(2)31(24(3)21-22)40(37,38)35-30(26-16-10-7-11-17-26)29(25-14-8-6-9-15-25)34-32(39)33-27-18-12-13-19-28(27)36(4)5/h6-11,14-17,20-21,27-30,35H,12-13,18-19H2,1-5H3,(H2,33,34,39)/t27-,28-,29-,30-/m1/s1. The summed E-state index contributed by atoms with van der Waals surface area (Å²) in [7, 11) is 0.346. The SMILES string of the molecule is Cc1cc(C)c(S(=O)(=O)N[C@H](c2ccccc2)[C@H](NC(=S)N[C@@H]2CCCC[C@H]2N(C)C)c2ccccc2)c(C)c1. The Balaban J connectivity index is 1.72. The van der Waals surface area contributed by atoms with Crippen LogP contribution < -0.4 is 15.4 Å². The molecule has 3 aromatic carbocycles. The van der Waals surface area contributed by atoms with E-state index in [1.165, 1.54) is 6.42 Å². The van der Waals surface area contributed by atoms with Gasteiger partial charge < -0.3 is 15.5 Å². The van der Waals surface area contributed by atoms with Gasteiger partial charge in [0.1, 0.15) is 0 Å². The Labute approximate surface area is 245 Å². The molecule has 3 aromatic rings. The number of benzene rings is 3. The van der Waals surface area contributed by atoms with E-state index in [1.807, 2.05) is 93.6 Å². The van der Waals surface area contributed by atoms with Crippen molar-refractivity contribution >= 4 is 27.4 Å². The first kappa shape index (κ1) is 30.2. The Bertz CT molecular complexity index is 1370. The van der Waals surface area contributed by atoms with Gasteiger partial charge in [0.25, 0.3) is 0 Å². The monoisotopic (exact) mass is 578 g/mol. The molecule has 0 aliphatic heterocycles.